The van der Waals surface area contributed by atoms with Crippen molar-refractivity contribution in [3.05, 3.63) is 35.4 Å². The number of hydrogen-bond donors (Lipinski definition) is 1. The van der Waals surface area contributed by atoms with E-state index in [2.05, 4.69) is 38.1 Å². The van der Waals surface area contributed by atoms with Gasteiger partial charge in [-0.05, 0) is 42.2 Å². The summed E-state index contributed by atoms with van der Waals surface area (Å²) in [6, 6.07) is 8.87. The van der Waals surface area contributed by atoms with Crippen molar-refractivity contribution >= 4 is 5.91 Å². The fourth-order valence-corrected chi connectivity index (χ4v) is 3.43. The molecule has 2 aliphatic rings. The Labute approximate surface area is 127 Å². The molecule has 21 heavy (non-hydrogen) atoms. The molecule has 0 aromatic heterocycles. The second kappa shape index (κ2) is 5.80. The molecule has 1 amide bonds. The number of nitrogens with two attached hydrogens (primary N) is 1. The molecule has 2 fully saturated rings. The lowest BCUT2D eigenvalue weighted by atomic mass is 9.88. The molecular formula is C18H26N2O. The summed E-state index contributed by atoms with van der Waals surface area (Å²) >= 11 is 0. The topological polar surface area (TPSA) is 46.3 Å². The maximum Gasteiger partial charge on any atom is 0.223 e. The monoisotopic (exact) mass is 286 g/mol. The largest absolute Gasteiger partial charge is 0.334 e. The number of amides is 1. The third kappa shape index (κ3) is 3.13. The van der Waals surface area contributed by atoms with Gasteiger partial charge in [0.15, 0.2) is 0 Å². The van der Waals surface area contributed by atoms with E-state index in [9.17, 15) is 4.79 Å². The molecule has 3 heteroatoms. The van der Waals surface area contributed by atoms with Crippen LogP contribution in [0.3, 0.4) is 0 Å². The van der Waals surface area contributed by atoms with Crippen LogP contribution < -0.4 is 5.73 Å². The SMILES string of the molecule is CC(C)CN1C(=O)CCC(N)C1c1cccc(C2CC2)c1. The molecule has 2 atom stereocenters. The van der Waals surface area contributed by atoms with Gasteiger partial charge in [-0.1, -0.05) is 38.1 Å². The molecule has 1 aliphatic heterocycles. The first kappa shape index (κ1) is 14.6. The molecule has 1 aliphatic carbocycles. The molecule has 0 bridgehead atoms. The van der Waals surface area contributed by atoms with Crippen molar-refractivity contribution in [2.75, 3.05) is 6.54 Å². The summed E-state index contributed by atoms with van der Waals surface area (Å²) in [6.07, 6.45) is 3.99. The van der Waals surface area contributed by atoms with Crippen LogP contribution in [0.5, 0.6) is 0 Å². The fourth-order valence-electron chi connectivity index (χ4n) is 3.43. The van der Waals surface area contributed by atoms with Gasteiger partial charge in [-0.3, -0.25) is 4.79 Å². The van der Waals surface area contributed by atoms with Crippen LogP contribution in [0.1, 0.15) is 62.6 Å². The summed E-state index contributed by atoms with van der Waals surface area (Å²) in [7, 11) is 0. The Morgan fingerprint density at radius 3 is 2.62 bits per heavy atom. The predicted octanol–water partition coefficient (Wildman–Crippen LogP) is 3.21. The van der Waals surface area contributed by atoms with Gasteiger partial charge in [0.1, 0.15) is 0 Å². The average Bonchev–Trinajstić information content (AvgIpc) is 3.27. The number of rotatable bonds is 4. The van der Waals surface area contributed by atoms with E-state index >= 15 is 0 Å². The number of hydrogen-bond acceptors (Lipinski definition) is 2. The lowest BCUT2D eigenvalue weighted by Gasteiger charge is -2.41. The van der Waals surface area contributed by atoms with E-state index in [-0.39, 0.29) is 18.0 Å². The van der Waals surface area contributed by atoms with Gasteiger partial charge in [0.05, 0.1) is 6.04 Å². The number of likely N-dealkylation sites (tertiary alicyclic amines) is 1. The number of carbonyl (C=O) groups excluding carboxylic acids is 1. The van der Waals surface area contributed by atoms with Crippen molar-refractivity contribution < 1.29 is 4.79 Å². The molecule has 1 aromatic rings. The Hall–Kier alpha value is -1.35. The Kier molecular flexibility index (Phi) is 4.03. The highest BCUT2D eigenvalue weighted by Gasteiger charge is 2.35. The molecule has 3 rings (SSSR count). The molecular weight excluding hydrogens is 260 g/mol. The maximum atomic E-state index is 12.4. The van der Waals surface area contributed by atoms with Crippen LogP contribution in [0, 0.1) is 5.92 Å². The third-order valence-corrected chi connectivity index (χ3v) is 4.62. The van der Waals surface area contributed by atoms with Crippen LogP contribution in [0.2, 0.25) is 0 Å². The quantitative estimate of drug-likeness (QED) is 0.924. The zero-order valence-corrected chi connectivity index (χ0v) is 13.1. The predicted molar refractivity (Wildman–Crippen MR) is 84.9 cm³/mol. The van der Waals surface area contributed by atoms with Crippen molar-refractivity contribution in [2.45, 2.75) is 57.5 Å². The highest BCUT2D eigenvalue weighted by atomic mass is 16.2. The Morgan fingerprint density at radius 1 is 1.24 bits per heavy atom. The van der Waals surface area contributed by atoms with Crippen LogP contribution >= 0.6 is 0 Å². The van der Waals surface area contributed by atoms with E-state index in [0.717, 1.165) is 18.9 Å². The number of carbonyl (C=O) groups is 1. The third-order valence-electron chi connectivity index (χ3n) is 4.62. The van der Waals surface area contributed by atoms with Crippen molar-refractivity contribution in [3.8, 4) is 0 Å². The molecule has 1 heterocycles. The first-order valence-corrected chi connectivity index (χ1v) is 8.21. The average molecular weight is 286 g/mol. The van der Waals surface area contributed by atoms with E-state index < -0.39 is 0 Å². The van der Waals surface area contributed by atoms with E-state index in [1.54, 1.807) is 0 Å². The highest BCUT2D eigenvalue weighted by Crippen LogP contribution is 2.41. The van der Waals surface area contributed by atoms with Crippen LogP contribution in [0.4, 0.5) is 0 Å². The zero-order chi connectivity index (χ0) is 15.0. The summed E-state index contributed by atoms with van der Waals surface area (Å²) in [5.41, 5.74) is 9.03. The molecule has 1 saturated carbocycles. The van der Waals surface area contributed by atoms with Crippen molar-refractivity contribution in [2.24, 2.45) is 11.7 Å². The van der Waals surface area contributed by atoms with Crippen LogP contribution in [-0.4, -0.2) is 23.4 Å². The summed E-state index contributed by atoms with van der Waals surface area (Å²) in [4.78, 5) is 14.4. The Bertz CT molecular complexity index is 522. The van der Waals surface area contributed by atoms with Crippen LogP contribution in [-0.2, 0) is 4.79 Å². The first-order valence-electron chi connectivity index (χ1n) is 8.21. The van der Waals surface area contributed by atoms with Gasteiger partial charge in [0, 0.05) is 19.0 Å². The van der Waals surface area contributed by atoms with E-state index in [4.69, 9.17) is 5.73 Å². The lowest BCUT2D eigenvalue weighted by Crippen LogP contribution is -2.50. The van der Waals surface area contributed by atoms with Crippen LogP contribution in [0.25, 0.3) is 0 Å². The Balaban J connectivity index is 1.91. The first-order chi connectivity index (χ1) is 10.1. The van der Waals surface area contributed by atoms with Crippen molar-refractivity contribution in [1.29, 1.82) is 0 Å². The van der Waals surface area contributed by atoms with Gasteiger partial charge < -0.3 is 10.6 Å². The second-order valence-corrected chi connectivity index (χ2v) is 7.03. The van der Waals surface area contributed by atoms with Gasteiger partial charge in [-0.25, -0.2) is 0 Å². The molecule has 1 saturated heterocycles. The highest BCUT2D eigenvalue weighted by molar-refractivity contribution is 5.78. The number of nitrogens with zero attached hydrogens (tertiary/aromatic N) is 1. The summed E-state index contributed by atoms with van der Waals surface area (Å²) < 4.78 is 0. The van der Waals surface area contributed by atoms with E-state index in [0.29, 0.717) is 12.3 Å². The second-order valence-electron chi connectivity index (χ2n) is 7.03. The molecule has 2 unspecified atom stereocenters. The van der Waals surface area contributed by atoms with E-state index in [1.807, 2.05) is 4.90 Å². The molecule has 0 spiro atoms. The minimum absolute atomic E-state index is 0.0485. The summed E-state index contributed by atoms with van der Waals surface area (Å²) in [5.74, 6) is 1.46. The smallest absolute Gasteiger partial charge is 0.223 e. The van der Waals surface area contributed by atoms with Gasteiger partial charge in [0.2, 0.25) is 5.91 Å². The molecule has 0 radical (unpaired) electrons. The normalized spacial score (nSPS) is 26.5. The van der Waals surface area contributed by atoms with Crippen LogP contribution in [0.15, 0.2) is 24.3 Å². The van der Waals surface area contributed by atoms with Gasteiger partial charge in [-0.15, -0.1) is 0 Å². The number of benzene rings is 1. The van der Waals surface area contributed by atoms with Gasteiger partial charge >= 0.3 is 0 Å². The van der Waals surface area contributed by atoms with Gasteiger partial charge in [-0.2, -0.15) is 0 Å². The Morgan fingerprint density at radius 2 is 1.95 bits per heavy atom. The minimum Gasteiger partial charge on any atom is -0.334 e. The molecule has 1 aromatic carbocycles. The zero-order valence-electron chi connectivity index (χ0n) is 13.1. The number of piperidine rings is 1. The summed E-state index contributed by atoms with van der Waals surface area (Å²) in [5, 5.41) is 0. The standard InChI is InChI=1S/C18H26N2O/c1-12(2)11-20-17(21)9-8-16(19)18(20)15-5-3-4-14(10-15)13-6-7-13/h3-5,10,12-13,16,18H,6-9,11,19H2,1-2H3. The molecule has 114 valence electrons. The fraction of sp³-hybridized carbons (Fsp3) is 0.611. The van der Waals surface area contributed by atoms with Gasteiger partial charge in [0.25, 0.3) is 0 Å². The molecule has 3 nitrogen and oxygen atoms in total. The molecule has 2 N–H and O–H groups in total. The maximum absolute atomic E-state index is 12.4. The van der Waals surface area contributed by atoms with Crippen molar-refractivity contribution in [1.82, 2.24) is 4.90 Å². The minimum atomic E-state index is 0.0485. The van der Waals surface area contributed by atoms with E-state index in [1.165, 1.54) is 24.0 Å². The lowest BCUT2D eigenvalue weighted by molar-refractivity contribution is -0.138. The summed E-state index contributed by atoms with van der Waals surface area (Å²) in [6.45, 7) is 5.11. The van der Waals surface area contributed by atoms with Crippen molar-refractivity contribution in [3.63, 3.8) is 0 Å².